The summed E-state index contributed by atoms with van der Waals surface area (Å²) in [5.41, 5.74) is 1.98. The van der Waals surface area contributed by atoms with Gasteiger partial charge in [-0.15, -0.1) is 5.10 Å². The highest BCUT2D eigenvalue weighted by Crippen LogP contribution is 2.34. The summed E-state index contributed by atoms with van der Waals surface area (Å²) in [5.74, 6) is 2.49. The van der Waals surface area contributed by atoms with Gasteiger partial charge in [0.05, 0.1) is 6.20 Å². The first-order valence-electron chi connectivity index (χ1n) is 7.96. The lowest BCUT2D eigenvalue weighted by atomic mass is 10.1. The van der Waals surface area contributed by atoms with E-state index in [1.54, 1.807) is 6.20 Å². The molecule has 2 heterocycles. The third kappa shape index (κ3) is 3.45. The number of ether oxygens (including phenoxy) is 2. The Balaban J connectivity index is 1.48. The van der Waals surface area contributed by atoms with E-state index in [4.69, 9.17) is 9.47 Å². The second-order valence-corrected chi connectivity index (χ2v) is 5.63. The van der Waals surface area contributed by atoms with Crippen molar-refractivity contribution in [1.29, 1.82) is 0 Å². The van der Waals surface area contributed by atoms with Crippen LogP contribution in [-0.4, -0.2) is 22.0 Å². The van der Waals surface area contributed by atoms with Crippen LogP contribution in [-0.2, 0) is 0 Å². The maximum absolute atomic E-state index is 5.37. The van der Waals surface area contributed by atoms with Crippen molar-refractivity contribution < 1.29 is 9.47 Å². The Hall–Kier alpha value is -3.35. The molecule has 0 spiro atoms. The average molecular weight is 335 g/mol. The van der Waals surface area contributed by atoms with E-state index in [0.717, 1.165) is 11.4 Å². The van der Waals surface area contributed by atoms with Gasteiger partial charge in [0.1, 0.15) is 0 Å². The molecule has 1 aliphatic rings. The Labute approximate surface area is 145 Å². The number of rotatable bonds is 5. The Morgan fingerprint density at radius 2 is 1.88 bits per heavy atom. The van der Waals surface area contributed by atoms with Crippen molar-refractivity contribution >= 4 is 17.5 Å². The molecule has 4 rings (SSSR count). The summed E-state index contributed by atoms with van der Waals surface area (Å²) in [5, 5.41) is 14.5. The molecule has 0 bridgehead atoms. The van der Waals surface area contributed by atoms with Crippen molar-refractivity contribution in [1.82, 2.24) is 15.2 Å². The van der Waals surface area contributed by atoms with Gasteiger partial charge in [0.2, 0.25) is 12.7 Å². The molecule has 2 aromatic carbocycles. The Morgan fingerprint density at radius 3 is 2.76 bits per heavy atom. The topological polar surface area (TPSA) is 81.2 Å². The third-order valence-corrected chi connectivity index (χ3v) is 3.85. The Bertz CT molecular complexity index is 872. The molecule has 25 heavy (non-hydrogen) atoms. The van der Waals surface area contributed by atoms with Crippen LogP contribution in [0.4, 0.5) is 17.5 Å². The number of aromatic nitrogens is 3. The summed E-state index contributed by atoms with van der Waals surface area (Å²) >= 11 is 0. The molecule has 0 saturated heterocycles. The van der Waals surface area contributed by atoms with Gasteiger partial charge in [-0.1, -0.05) is 30.3 Å². The first-order chi connectivity index (χ1) is 12.3. The van der Waals surface area contributed by atoms with Gasteiger partial charge in [0.25, 0.3) is 0 Å². The minimum Gasteiger partial charge on any atom is -0.454 e. The smallest absolute Gasteiger partial charge is 0.249 e. The van der Waals surface area contributed by atoms with Crippen LogP contribution in [0.5, 0.6) is 11.5 Å². The number of benzene rings is 2. The molecule has 7 nitrogen and oxygen atoms in total. The lowest BCUT2D eigenvalue weighted by molar-refractivity contribution is 0.174. The first kappa shape index (κ1) is 15.2. The van der Waals surface area contributed by atoms with Crippen molar-refractivity contribution in [3.05, 3.63) is 60.3 Å². The van der Waals surface area contributed by atoms with Gasteiger partial charge >= 0.3 is 0 Å². The number of nitrogens with zero attached hydrogens (tertiary/aromatic N) is 3. The van der Waals surface area contributed by atoms with E-state index in [1.165, 1.54) is 5.56 Å². The number of fused-ring (bicyclic) bond motifs is 1. The minimum atomic E-state index is 0.108. The van der Waals surface area contributed by atoms with E-state index >= 15 is 0 Å². The lowest BCUT2D eigenvalue weighted by Crippen LogP contribution is -2.09. The molecule has 0 fully saturated rings. The molecule has 3 aromatic rings. The zero-order valence-corrected chi connectivity index (χ0v) is 13.6. The van der Waals surface area contributed by atoms with Crippen molar-refractivity contribution in [2.75, 3.05) is 17.4 Å². The largest absolute Gasteiger partial charge is 0.454 e. The number of hydrogen-bond acceptors (Lipinski definition) is 7. The van der Waals surface area contributed by atoms with E-state index in [9.17, 15) is 0 Å². The van der Waals surface area contributed by atoms with E-state index in [1.807, 2.05) is 36.4 Å². The van der Waals surface area contributed by atoms with Gasteiger partial charge in [-0.3, -0.25) is 0 Å². The van der Waals surface area contributed by atoms with Crippen molar-refractivity contribution in [2.45, 2.75) is 13.0 Å². The SMILES string of the molecule is CC(Nc1cnnc(Nc2ccc3c(c2)OCO3)n1)c1ccccc1. The standard InChI is InChI=1S/C18H17N5O2/c1-12(13-5-3-2-4-6-13)20-17-10-19-23-18(22-17)21-14-7-8-15-16(9-14)25-11-24-15/h2-10,12H,11H2,1H3,(H2,20,21,22,23). The maximum atomic E-state index is 5.37. The molecule has 126 valence electrons. The van der Waals surface area contributed by atoms with Gasteiger partial charge in [0, 0.05) is 17.8 Å². The van der Waals surface area contributed by atoms with Gasteiger partial charge < -0.3 is 20.1 Å². The highest BCUT2D eigenvalue weighted by Gasteiger charge is 2.14. The summed E-state index contributed by atoms with van der Waals surface area (Å²) in [6.07, 6.45) is 1.60. The molecule has 2 N–H and O–H groups in total. The molecule has 0 aliphatic carbocycles. The predicted molar refractivity (Wildman–Crippen MR) is 94.2 cm³/mol. The summed E-state index contributed by atoms with van der Waals surface area (Å²) in [7, 11) is 0. The van der Waals surface area contributed by atoms with Gasteiger partial charge in [0.15, 0.2) is 17.3 Å². The monoisotopic (exact) mass is 335 g/mol. The molecule has 0 amide bonds. The van der Waals surface area contributed by atoms with Crippen LogP contribution < -0.4 is 20.1 Å². The molecule has 1 unspecified atom stereocenters. The molecular formula is C18H17N5O2. The van der Waals surface area contributed by atoms with Crippen LogP contribution in [0.25, 0.3) is 0 Å². The molecular weight excluding hydrogens is 318 g/mol. The molecule has 1 aromatic heterocycles. The molecule has 0 radical (unpaired) electrons. The normalized spacial score (nSPS) is 13.3. The second kappa shape index (κ2) is 6.64. The summed E-state index contributed by atoms with van der Waals surface area (Å²) in [6, 6.07) is 15.8. The van der Waals surface area contributed by atoms with E-state index in [0.29, 0.717) is 17.5 Å². The van der Waals surface area contributed by atoms with Crippen LogP contribution in [0.15, 0.2) is 54.7 Å². The van der Waals surface area contributed by atoms with Gasteiger partial charge in [-0.05, 0) is 24.6 Å². The van der Waals surface area contributed by atoms with Gasteiger partial charge in [-0.2, -0.15) is 10.1 Å². The summed E-state index contributed by atoms with van der Waals surface area (Å²) in [4.78, 5) is 4.46. The van der Waals surface area contributed by atoms with Gasteiger partial charge in [-0.25, -0.2) is 0 Å². The van der Waals surface area contributed by atoms with Crippen LogP contribution in [0, 0.1) is 0 Å². The zero-order valence-electron chi connectivity index (χ0n) is 13.6. The highest BCUT2D eigenvalue weighted by molar-refractivity contribution is 5.60. The third-order valence-electron chi connectivity index (χ3n) is 3.85. The first-order valence-corrected chi connectivity index (χ1v) is 7.96. The maximum Gasteiger partial charge on any atom is 0.249 e. The van der Waals surface area contributed by atoms with Crippen LogP contribution in [0.1, 0.15) is 18.5 Å². The fraction of sp³-hybridized carbons (Fsp3) is 0.167. The summed E-state index contributed by atoms with van der Waals surface area (Å²) in [6.45, 7) is 2.32. The molecule has 1 aliphatic heterocycles. The molecule has 1 atom stereocenters. The van der Waals surface area contributed by atoms with Crippen molar-refractivity contribution in [3.8, 4) is 11.5 Å². The highest BCUT2D eigenvalue weighted by atomic mass is 16.7. The quantitative estimate of drug-likeness (QED) is 0.738. The number of nitrogens with one attached hydrogen (secondary N) is 2. The minimum absolute atomic E-state index is 0.108. The van der Waals surface area contributed by atoms with Crippen molar-refractivity contribution in [2.24, 2.45) is 0 Å². The lowest BCUT2D eigenvalue weighted by Gasteiger charge is -2.15. The molecule has 0 saturated carbocycles. The number of hydrogen-bond donors (Lipinski definition) is 2. The fourth-order valence-corrected chi connectivity index (χ4v) is 2.58. The van der Waals surface area contributed by atoms with E-state index in [2.05, 4.69) is 44.9 Å². The second-order valence-electron chi connectivity index (χ2n) is 5.63. The zero-order chi connectivity index (χ0) is 17.1. The van der Waals surface area contributed by atoms with E-state index in [-0.39, 0.29) is 12.8 Å². The number of anilines is 3. The fourth-order valence-electron chi connectivity index (χ4n) is 2.58. The average Bonchev–Trinajstić information content (AvgIpc) is 3.10. The Kier molecular flexibility index (Phi) is 4.04. The van der Waals surface area contributed by atoms with E-state index < -0.39 is 0 Å². The van der Waals surface area contributed by atoms with Crippen molar-refractivity contribution in [3.63, 3.8) is 0 Å². The van der Waals surface area contributed by atoms with Crippen LogP contribution in [0.3, 0.4) is 0 Å². The van der Waals surface area contributed by atoms with Crippen LogP contribution in [0.2, 0.25) is 0 Å². The summed E-state index contributed by atoms with van der Waals surface area (Å²) < 4.78 is 10.7. The molecule has 7 heteroatoms. The predicted octanol–water partition coefficient (Wildman–Crippen LogP) is 3.52. The van der Waals surface area contributed by atoms with Crippen LogP contribution >= 0.6 is 0 Å². The Morgan fingerprint density at radius 1 is 1.04 bits per heavy atom.